The standard InChI is InChI=1S/C36H39N2OS.Pt/c1-34(2,3)22-18-25(32-31(19-22)40-33(38-32)23-14-10-11-16-30(23)39)24-20-26(29-15-12-13-17-37-29)28(36(7,8)9)21-27(24)35(4,5)6;/h10-19,21,39H,1-9H3;/q-1;. The summed E-state index contributed by atoms with van der Waals surface area (Å²) >= 11 is 1.63. The Bertz CT molecular complexity index is 1700. The monoisotopic (exact) mass is 742 g/mol. The Balaban J connectivity index is 0.00000387. The summed E-state index contributed by atoms with van der Waals surface area (Å²) in [4.78, 5) is 9.91. The summed E-state index contributed by atoms with van der Waals surface area (Å²) in [7, 11) is 0. The number of phenolic OH excluding ortho intramolecular Hbond substituents is 1. The molecule has 0 saturated carbocycles. The van der Waals surface area contributed by atoms with Crippen LogP contribution in [-0.4, -0.2) is 15.1 Å². The Kier molecular flexibility index (Phi) is 8.44. The zero-order valence-corrected chi connectivity index (χ0v) is 28.5. The number of aromatic hydroxyl groups is 1. The first-order chi connectivity index (χ1) is 18.6. The van der Waals surface area contributed by atoms with Crippen LogP contribution in [0.2, 0.25) is 0 Å². The van der Waals surface area contributed by atoms with Gasteiger partial charge in [-0.05, 0) is 46.1 Å². The predicted octanol–water partition coefficient (Wildman–Crippen LogP) is 10.1. The summed E-state index contributed by atoms with van der Waals surface area (Å²) in [6, 6.07) is 24.4. The molecule has 5 rings (SSSR count). The summed E-state index contributed by atoms with van der Waals surface area (Å²) in [5.74, 6) is 0.244. The van der Waals surface area contributed by atoms with Crippen LogP contribution in [0.1, 0.15) is 79.0 Å². The molecule has 5 aromatic rings. The minimum Gasteiger partial charge on any atom is -0.507 e. The first-order valence-electron chi connectivity index (χ1n) is 13.9. The number of fused-ring (bicyclic) bond motifs is 1. The summed E-state index contributed by atoms with van der Waals surface area (Å²) in [5, 5.41) is 11.4. The number of nitrogens with zero attached hydrogens (tertiary/aromatic N) is 2. The van der Waals surface area contributed by atoms with Gasteiger partial charge in [-0.25, -0.2) is 4.98 Å². The topological polar surface area (TPSA) is 46.0 Å². The molecule has 0 aliphatic carbocycles. The fraction of sp³-hybridized carbons (Fsp3) is 0.333. The molecule has 3 aromatic carbocycles. The van der Waals surface area contributed by atoms with Gasteiger partial charge in [0.2, 0.25) is 0 Å². The minimum atomic E-state index is -0.130. The molecule has 0 fully saturated rings. The van der Waals surface area contributed by atoms with Gasteiger partial charge in [0.1, 0.15) is 10.8 Å². The van der Waals surface area contributed by atoms with Crippen molar-refractivity contribution in [3.8, 4) is 38.7 Å². The van der Waals surface area contributed by atoms with Crippen LogP contribution < -0.4 is 0 Å². The maximum Gasteiger partial charge on any atom is 0.127 e. The van der Waals surface area contributed by atoms with E-state index in [1.165, 1.54) is 16.7 Å². The molecular formula is C36H39N2OPtS-. The molecule has 1 N–H and O–H groups in total. The zero-order valence-electron chi connectivity index (χ0n) is 25.4. The van der Waals surface area contributed by atoms with Crippen molar-refractivity contribution in [2.75, 3.05) is 0 Å². The maximum atomic E-state index is 10.6. The molecule has 0 amide bonds. The average molecular weight is 743 g/mol. The van der Waals surface area contributed by atoms with E-state index in [0.717, 1.165) is 43.2 Å². The van der Waals surface area contributed by atoms with Crippen molar-refractivity contribution in [2.24, 2.45) is 0 Å². The molecule has 0 unspecified atom stereocenters. The summed E-state index contributed by atoms with van der Waals surface area (Å²) in [6.07, 6.45) is 1.85. The molecule has 0 radical (unpaired) electrons. The quantitative estimate of drug-likeness (QED) is 0.187. The van der Waals surface area contributed by atoms with E-state index in [0.29, 0.717) is 0 Å². The second kappa shape index (κ2) is 11.1. The molecule has 2 aromatic heterocycles. The fourth-order valence-corrected chi connectivity index (χ4v) is 6.15. The van der Waals surface area contributed by atoms with Crippen molar-refractivity contribution in [3.05, 3.63) is 89.6 Å². The summed E-state index contributed by atoms with van der Waals surface area (Å²) < 4.78 is 1.10. The zero-order chi connectivity index (χ0) is 29.0. The van der Waals surface area contributed by atoms with E-state index in [1.807, 2.05) is 36.5 Å². The molecule has 5 heteroatoms. The van der Waals surface area contributed by atoms with Gasteiger partial charge in [0.05, 0.1) is 11.1 Å². The van der Waals surface area contributed by atoms with Crippen molar-refractivity contribution in [1.29, 1.82) is 0 Å². The van der Waals surface area contributed by atoms with Crippen LogP contribution in [0.15, 0.2) is 66.9 Å². The van der Waals surface area contributed by atoms with Gasteiger partial charge in [-0.15, -0.1) is 40.2 Å². The van der Waals surface area contributed by atoms with Crippen LogP contribution in [0.25, 0.3) is 43.2 Å². The Labute approximate surface area is 263 Å². The molecule has 0 spiro atoms. The van der Waals surface area contributed by atoms with E-state index in [1.54, 1.807) is 17.4 Å². The first-order valence-corrected chi connectivity index (χ1v) is 14.7. The van der Waals surface area contributed by atoms with E-state index in [4.69, 9.17) is 9.97 Å². The molecule has 0 bridgehead atoms. The third kappa shape index (κ3) is 6.20. The maximum absolute atomic E-state index is 10.6. The predicted molar refractivity (Wildman–Crippen MR) is 170 cm³/mol. The average Bonchev–Trinajstić information content (AvgIpc) is 3.30. The van der Waals surface area contributed by atoms with Gasteiger partial charge in [-0.2, -0.15) is 0 Å². The molecule has 0 aliphatic heterocycles. The third-order valence-corrected chi connectivity index (χ3v) is 8.41. The van der Waals surface area contributed by atoms with E-state index in [-0.39, 0.29) is 43.1 Å². The fourth-order valence-electron chi connectivity index (χ4n) is 5.08. The molecule has 2 heterocycles. The largest absolute Gasteiger partial charge is 0.507 e. The molecular weight excluding hydrogens is 704 g/mol. The van der Waals surface area contributed by atoms with Crippen LogP contribution in [0.4, 0.5) is 0 Å². The Morgan fingerprint density at radius 2 is 1.34 bits per heavy atom. The number of phenols is 1. The number of hydrogen-bond donors (Lipinski definition) is 1. The molecule has 41 heavy (non-hydrogen) atoms. The van der Waals surface area contributed by atoms with Gasteiger partial charge in [0.15, 0.2) is 0 Å². The summed E-state index contributed by atoms with van der Waals surface area (Å²) in [5.41, 5.74) is 9.21. The van der Waals surface area contributed by atoms with Gasteiger partial charge in [-0.3, -0.25) is 4.98 Å². The van der Waals surface area contributed by atoms with Gasteiger partial charge >= 0.3 is 0 Å². The molecule has 3 nitrogen and oxygen atoms in total. The Hall–Kier alpha value is -2.81. The van der Waals surface area contributed by atoms with Crippen LogP contribution in [0.5, 0.6) is 5.75 Å². The first kappa shape index (κ1) is 31.1. The molecule has 0 saturated heterocycles. The molecule has 0 aliphatic rings. The number of para-hydroxylation sites is 1. The van der Waals surface area contributed by atoms with Crippen molar-refractivity contribution < 1.29 is 26.2 Å². The number of thiazole rings is 1. The number of aromatic nitrogens is 2. The van der Waals surface area contributed by atoms with Gasteiger partial charge in [-0.1, -0.05) is 104 Å². The van der Waals surface area contributed by atoms with Crippen LogP contribution in [0.3, 0.4) is 0 Å². The Morgan fingerprint density at radius 1 is 0.707 bits per heavy atom. The van der Waals surface area contributed by atoms with E-state index < -0.39 is 0 Å². The number of hydrogen-bond acceptors (Lipinski definition) is 4. The van der Waals surface area contributed by atoms with Crippen LogP contribution in [-0.2, 0) is 37.3 Å². The van der Waals surface area contributed by atoms with Crippen molar-refractivity contribution in [1.82, 2.24) is 9.97 Å². The van der Waals surface area contributed by atoms with Crippen LogP contribution in [0, 0.1) is 6.07 Å². The second-order valence-electron chi connectivity index (χ2n) is 13.7. The number of rotatable bonds is 3. The van der Waals surface area contributed by atoms with Crippen molar-refractivity contribution in [3.63, 3.8) is 0 Å². The summed E-state index contributed by atoms with van der Waals surface area (Å²) in [6.45, 7) is 20.3. The second-order valence-corrected chi connectivity index (χ2v) is 14.7. The SMILES string of the molecule is CC(C)(C)c1cc(-c2[c-]c(-c3ccccn3)c(C(C)(C)C)cc2C(C)(C)C)c2nc(-c3ccccc3O)sc2c1.[Pt]. The van der Waals surface area contributed by atoms with Crippen molar-refractivity contribution >= 4 is 21.6 Å². The van der Waals surface area contributed by atoms with Crippen LogP contribution >= 0.6 is 11.3 Å². The minimum absolute atomic E-state index is 0. The van der Waals surface area contributed by atoms with E-state index in [9.17, 15) is 5.11 Å². The van der Waals surface area contributed by atoms with Gasteiger partial charge < -0.3 is 5.11 Å². The molecule has 0 atom stereocenters. The normalized spacial score (nSPS) is 12.4. The van der Waals surface area contributed by atoms with E-state index >= 15 is 0 Å². The van der Waals surface area contributed by atoms with E-state index in [2.05, 4.69) is 92.6 Å². The smallest absolute Gasteiger partial charge is 0.127 e. The number of benzene rings is 3. The van der Waals surface area contributed by atoms with Crippen molar-refractivity contribution in [2.45, 2.75) is 78.6 Å². The van der Waals surface area contributed by atoms with Gasteiger partial charge in [0, 0.05) is 37.7 Å². The third-order valence-electron chi connectivity index (χ3n) is 7.38. The molecule has 216 valence electrons. The number of pyridine rings is 1. The van der Waals surface area contributed by atoms with Gasteiger partial charge in [0.25, 0.3) is 0 Å². The Morgan fingerprint density at radius 3 is 1.93 bits per heavy atom.